The van der Waals surface area contributed by atoms with E-state index in [0.29, 0.717) is 13.0 Å². The highest BCUT2D eigenvalue weighted by Crippen LogP contribution is 2.33. The molecular weight excluding hydrogens is 222 g/mol. The molecule has 16 heavy (non-hydrogen) atoms. The van der Waals surface area contributed by atoms with Crippen molar-refractivity contribution in [3.05, 3.63) is 0 Å². The van der Waals surface area contributed by atoms with Crippen molar-refractivity contribution >= 4 is 24.3 Å². The molecule has 1 heterocycles. The first-order valence-corrected chi connectivity index (χ1v) is 6.06. The average Bonchev–Trinajstić information content (AvgIpc) is 1.97. The van der Waals surface area contributed by atoms with E-state index in [-0.39, 0.29) is 17.2 Å². The van der Waals surface area contributed by atoms with Gasteiger partial charge in [-0.2, -0.15) is 12.6 Å². The second kappa shape index (κ2) is 4.06. The van der Waals surface area contributed by atoms with E-state index < -0.39 is 10.7 Å². The Kier molecular flexibility index (Phi) is 3.44. The summed E-state index contributed by atoms with van der Waals surface area (Å²) in [5.74, 6) is -0.668. The second-order valence-corrected chi connectivity index (χ2v) is 7.12. The Balaban J connectivity index is 3.02. The van der Waals surface area contributed by atoms with E-state index in [2.05, 4.69) is 12.6 Å². The molecule has 0 N–H and O–H groups in total. The zero-order valence-electron chi connectivity index (χ0n) is 10.7. The normalized spacial score (nSPS) is 23.9. The predicted octanol–water partition coefficient (Wildman–Crippen LogP) is 1.91. The molecule has 1 saturated heterocycles. The summed E-state index contributed by atoms with van der Waals surface area (Å²) in [5, 5.41) is 0. The Morgan fingerprint density at radius 2 is 1.69 bits per heavy atom. The lowest BCUT2D eigenvalue weighted by molar-refractivity contribution is -0.151. The molecule has 92 valence electrons. The minimum absolute atomic E-state index is 0.0190. The third-order valence-corrected chi connectivity index (χ3v) is 3.19. The third kappa shape index (κ3) is 2.59. The average molecular weight is 243 g/mol. The van der Waals surface area contributed by atoms with Crippen LogP contribution in [-0.2, 0) is 9.59 Å². The lowest BCUT2D eigenvalue weighted by Gasteiger charge is -2.43. The number of nitrogens with zero attached hydrogens (tertiary/aromatic N) is 1. The smallest absolute Gasteiger partial charge is 0.234 e. The fourth-order valence-corrected chi connectivity index (χ4v) is 2.39. The standard InChI is InChI=1S/C12H21NO2S/c1-11(2,3)13-7-6-8(14)9(10(13)15)12(4,5)16/h9,16H,6-7H2,1-5H3. The molecule has 1 aliphatic rings. The van der Waals surface area contributed by atoms with Gasteiger partial charge in [0.05, 0.1) is 0 Å². The lowest BCUT2D eigenvalue weighted by Crippen LogP contribution is -2.57. The maximum absolute atomic E-state index is 12.3. The lowest BCUT2D eigenvalue weighted by atomic mass is 9.83. The fraction of sp³-hybridized carbons (Fsp3) is 0.833. The first-order valence-electron chi connectivity index (χ1n) is 5.61. The number of carbonyl (C=O) groups is 2. The molecule has 0 aliphatic carbocycles. The summed E-state index contributed by atoms with van der Waals surface area (Å²) in [5.41, 5.74) is -0.227. The summed E-state index contributed by atoms with van der Waals surface area (Å²) in [6.07, 6.45) is 0.442. The zero-order chi connectivity index (χ0) is 12.7. The van der Waals surface area contributed by atoms with Gasteiger partial charge < -0.3 is 4.90 Å². The van der Waals surface area contributed by atoms with Crippen molar-refractivity contribution in [3.63, 3.8) is 0 Å². The van der Waals surface area contributed by atoms with E-state index in [0.717, 1.165) is 0 Å². The highest BCUT2D eigenvalue weighted by atomic mass is 32.1. The SMILES string of the molecule is CC(C)(S)C1C(=O)CCN(C(C)(C)C)C1=O. The highest BCUT2D eigenvalue weighted by molar-refractivity contribution is 7.81. The zero-order valence-corrected chi connectivity index (χ0v) is 11.6. The van der Waals surface area contributed by atoms with Gasteiger partial charge in [0.1, 0.15) is 11.7 Å². The number of piperidine rings is 1. The summed E-state index contributed by atoms with van der Waals surface area (Å²) in [6, 6.07) is 0. The van der Waals surface area contributed by atoms with Crippen LogP contribution in [0.1, 0.15) is 41.0 Å². The molecule has 3 nitrogen and oxygen atoms in total. The minimum atomic E-state index is -0.608. The Morgan fingerprint density at radius 1 is 1.19 bits per heavy atom. The van der Waals surface area contributed by atoms with Crippen molar-refractivity contribution in [3.8, 4) is 0 Å². The molecule has 1 unspecified atom stereocenters. The number of ketones is 1. The minimum Gasteiger partial charge on any atom is -0.337 e. The molecule has 0 spiro atoms. The van der Waals surface area contributed by atoms with Crippen molar-refractivity contribution < 1.29 is 9.59 Å². The van der Waals surface area contributed by atoms with Crippen molar-refractivity contribution in [1.82, 2.24) is 4.90 Å². The van der Waals surface area contributed by atoms with E-state index in [1.165, 1.54) is 0 Å². The van der Waals surface area contributed by atoms with Crippen molar-refractivity contribution in [1.29, 1.82) is 0 Å². The van der Waals surface area contributed by atoms with Crippen LogP contribution in [0.15, 0.2) is 0 Å². The molecule has 1 atom stereocenters. The molecule has 0 aromatic heterocycles. The number of carbonyl (C=O) groups excluding carboxylic acids is 2. The predicted molar refractivity (Wildman–Crippen MR) is 67.6 cm³/mol. The molecule has 0 bridgehead atoms. The molecule has 1 amide bonds. The van der Waals surface area contributed by atoms with Gasteiger partial charge >= 0.3 is 0 Å². The third-order valence-electron chi connectivity index (χ3n) is 2.93. The maximum Gasteiger partial charge on any atom is 0.234 e. The van der Waals surface area contributed by atoms with Gasteiger partial charge in [0.15, 0.2) is 0 Å². The first kappa shape index (κ1) is 13.6. The molecule has 4 heteroatoms. The van der Waals surface area contributed by atoms with Crippen molar-refractivity contribution in [2.75, 3.05) is 6.54 Å². The molecule has 0 saturated carbocycles. The summed E-state index contributed by atoms with van der Waals surface area (Å²) in [4.78, 5) is 25.9. The van der Waals surface area contributed by atoms with Gasteiger partial charge in [-0.05, 0) is 34.6 Å². The van der Waals surface area contributed by atoms with Gasteiger partial charge in [0, 0.05) is 23.3 Å². The number of hydrogen-bond donors (Lipinski definition) is 1. The number of thiol groups is 1. The van der Waals surface area contributed by atoms with Gasteiger partial charge in [0.2, 0.25) is 5.91 Å². The van der Waals surface area contributed by atoms with E-state index in [4.69, 9.17) is 0 Å². The largest absolute Gasteiger partial charge is 0.337 e. The van der Waals surface area contributed by atoms with Crippen LogP contribution >= 0.6 is 12.6 Å². The summed E-state index contributed by atoms with van der Waals surface area (Å²) >= 11 is 4.38. The Bertz CT molecular complexity index is 312. The van der Waals surface area contributed by atoms with Crippen LogP contribution in [0.5, 0.6) is 0 Å². The van der Waals surface area contributed by atoms with E-state index >= 15 is 0 Å². The van der Waals surface area contributed by atoms with Crippen LogP contribution in [-0.4, -0.2) is 33.4 Å². The molecule has 0 radical (unpaired) electrons. The molecule has 1 fully saturated rings. The van der Waals surface area contributed by atoms with Gasteiger partial charge in [-0.3, -0.25) is 9.59 Å². The molecule has 1 aliphatic heterocycles. The van der Waals surface area contributed by atoms with Crippen LogP contribution in [0.2, 0.25) is 0 Å². The van der Waals surface area contributed by atoms with E-state index in [1.807, 2.05) is 34.6 Å². The number of rotatable bonds is 1. The molecule has 1 rings (SSSR count). The van der Waals surface area contributed by atoms with Gasteiger partial charge in [-0.25, -0.2) is 0 Å². The highest BCUT2D eigenvalue weighted by Gasteiger charge is 2.45. The quantitative estimate of drug-likeness (QED) is 0.564. The number of likely N-dealkylation sites (tertiary alicyclic amines) is 1. The fourth-order valence-electron chi connectivity index (χ4n) is 2.13. The molecule has 0 aromatic carbocycles. The number of Topliss-reactive ketones (excluding diaryl/α,β-unsaturated/α-hetero) is 1. The van der Waals surface area contributed by atoms with Crippen LogP contribution in [0.25, 0.3) is 0 Å². The monoisotopic (exact) mass is 243 g/mol. The molecule has 0 aromatic rings. The first-order chi connectivity index (χ1) is 7.05. The van der Waals surface area contributed by atoms with E-state index in [1.54, 1.807) is 4.90 Å². The summed E-state index contributed by atoms with van der Waals surface area (Å²) in [7, 11) is 0. The van der Waals surface area contributed by atoms with Crippen molar-refractivity contribution in [2.45, 2.75) is 51.3 Å². The van der Waals surface area contributed by atoms with Crippen LogP contribution in [0.3, 0.4) is 0 Å². The Labute approximate surface area is 103 Å². The number of amides is 1. The second-order valence-electron chi connectivity index (χ2n) is 5.96. The van der Waals surface area contributed by atoms with Crippen LogP contribution in [0, 0.1) is 5.92 Å². The topological polar surface area (TPSA) is 37.4 Å². The Morgan fingerprint density at radius 3 is 2.06 bits per heavy atom. The van der Waals surface area contributed by atoms with Crippen LogP contribution < -0.4 is 0 Å². The summed E-state index contributed by atoms with van der Waals surface area (Å²) < 4.78 is -0.585. The summed E-state index contributed by atoms with van der Waals surface area (Å²) in [6.45, 7) is 10.1. The van der Waals surface area contributed by atoms with Gasteiger partial charge in [-0.1, -0.05) is 0 Å². The van der Waals surface area contributed by atoms with Gasteiger partial charge in [-0.15, -0.1) is 0 Å². The van der Waals surface area contributed by atoms with Gasteiger partial charge in [0.25, 0.3) is 0 Å². The van der Waals surface area contributed by atoms with Crippen molar-refractivity contribution in [2.24, 2.45) is 5.92 Å². The molecular formula is C12H21NO2S. The number of hydrogen-bond acceptors (Lipinski definition) is 3. The Hall–Kier alpha value is -0.510. The van der Waals surface area contributed by atoms with E-state index in [9.17, 15) is 9.59 Å². The maximum atomic E-state index is 12.3. The van der Waals surface area contributed by atoms with Crippen LogP contribution in [0.4, 0.5) is 0 Å².